The van der Waals surface area contributed by atoms with Crippen LogP contribution in [-0.4, -0.2) is 16.6 Å². The number of rotatable bonds is 2. The van der Waals surface area contributed by atoms with Crippen LogP contribution < -0.4 is 0 Å². The minimum Gasteiger partial charge on any atom is -0.412 e. The smallest absolute Gasteiger partial charge is 0.180 e. The van der Waals surface area contributed by atoms with Gasteiger partial charge in [-0.3, -0.25) is 4.79 Å². The van der Waals surface area contributed by atoms with Gasteiger partial charge in [-0.15, -0.1) is 11.6 Å². The third-order valence-electron chi connectivity index (χ3n) is 1.42. The van der Waals surface area contributed by atoms with Gasteiger partial charge in [-0.1, -0.05) is 30.3 Å². The number of hydrogen-bond donors (Lipinski definition) is 0. The number of carbonyl (C=O) groups is 1. The van der Waals surface area contributed by atoms with Gasteiger partial charge in [0, 0.05) is 5.56 Å². The number of hydrogen-bond acceptors (Lipinski definition) is 1. The Balaban J connectivity index is 0.00000121. The highest BCUT2D eigenvalue weighted by Gasteiger charge is 2.10. The number of ketones is 1. The number of alkyl halides is 1. The summed E-state index contributed by atoms with van der Waals surface area (Å²) in [5, 5.41) is -0.433. The van der Waals surface area contributed by atoms with Crippen molar-refractivity contribution in [2.24, 2.45) is 0 Å². The lowest BCUT2D eigenvalue weighted by Gasteiger charge is -2.00. The van der Waals surface area contributed by atoms with Crippen LogP contribution in [0.15, 0.2) is 30.3 Å². The molecule has 0 aliphatic heterocycles. The predicted octanol–water partition coefficient (Wildman–Crippen LogP) is 1.67. The molecule has 2 N–H and O–H groups in total. The molecule has 0 aliphatic carbocycles. The fraction of sp³-hybridized carbons (Fsp3) is 0.222. The van der Waals surface area contributed by atoms with Gasteiger partial charge in [-0.05, 0) is 6.92 Å². The summed E-state index contributed by atoms with van der Waals surface area (Å²) < 4.78 is 0. The van der Waals surface area contributed by atoms with E-state index in [4.69, 9.17) is 11.6 Å². The second-order valence-corrected chi connectivity index (χ2v) is 3.00. The minimum absolute atomic E-state index is 0. The maximum absolute atomic E-state index is 11.2. The second kappa shape index (κ2) is 4.91. The van der Waals surface area contributed by atoms with Crippen molar-refractivity contribution in [1.29, 1.82) is 0 Å². The largest absolute Gasteiger partial charge is 0.412 e. The first-order valence-corrected chi connectivity index (χ1v) is 3.89. The van der Waals surface area contributed by atoms with Gasteiger partial charge < -0.3 is 5.48 Å². The molecule has 66 valence electrons. The average molecular weight is 187 g/mol. The van der Waals surface area contributed by atoms with Gasteiger partial charge >= 0.3 is 0 Å². The third-order valence-corrected chi connectivity index (χ3v) is 1.62. The van der Waals surface area contributed by atoms with Gasteiger partial charge in [-0.2, -0.15) is 0 Å². The Labute approximate surface area is 76.5 Å². The Hall–Kier alpha value is -0.860. The van der Waals surface area contributed by atoms with Gasteiger partial charge in [0.05, 0.1) is 5.38 Å². The summed E-state index contributed by atoms with van der Waals surface area (Å²) in [6, 6.07) is 9.05. The van der Waals surface area contributed by atoms with Crippen molar-refractivity contribution in [2.45, 2.75) is 12.3 Å². The average Bonchev–Trinajstić information content (AvgIpc) is 2.05. The van der Waals surface area contributed by atoms with Gasteiger partial charge in [-0.25, -0.2) is 0 Å². The van der Waals surface area contributed by atoms with E-state index in [2.05, 4.69) is 0 Å². The fourth-order valence-electron chi connectivity index (χ4n) is 0.832. The van der Waals surface area contributed by atoms with Crippen molar-refractivity contribution in [2.75, 3.05) is 0 Å². The highest BCUT2D eigenvalue weighted by atomic mass is 35.5. The molecule has 0 saturated heterocycles. The SMILES string of the molecule is CC(Cl)C(=O)c1ccccc1.O. The quantitative estimate of drug-likeness (QED) is 0.512. The van der Waals surface area contributed by atoms with Gasteiger partial charge in [0.15, 0.2) is 5.78 Å². The summed E-state index contributed by atoms with van der Waals surface area (Å²) >= 11 is 5.61. The van der Waals surface area contributed by atoms with Crippen molar-refractivity contribution in [3.05, 3.63) is 35.9 Å². The Morgan fingerprint density at radius 3 is 2.25 bits per heavy atom. The van der Waals surface area contributed by atoms with Crippen molar-refractivity contribution >= 4 is 17.4 Å². The van der Waals surface area contributed by atoms with Crippen LogP contribution in [0.1, 0.15) is 17.3 Å². The van der Waals surface area contributed by atoms with Crippen LogP contribution in [0.2, 0.25) is 0 Å². The van der Waals surface area contributed by atoms with E-state index in [1.807, 2.05) is 18.2 Å². The molecule has 3 heteroatoms. The summed E-state index contributed by atoms with van der Waals surface area (Å²) in [6.45, 7) is 1.68. The molecule has 0 aliphatic rings. The molecule has 0 aromatic heterocycles. The van der Waals surface area contributed by atoms with Crippen LogP contribution in [0, 0.1) is 0 Å². The summed E-state index contributed by atoms with van der Waals surface area (Å²) in [4.78, 5) is 11.2. The molecular weight excluding hydrogens is 176 g/mol. The van der Waals surface area contributed by atoms with Gasteiger partial charge in [0.25, 0.3) is 0 Å². The van der Waals surface area contributed by atoms with E-state index >= 15 is 0 Å². The lowest BCUT2D eigenvalue weighted by Crippen LogP contribution is -2.09. The zero-order valence-electron chi connectivity index (χ0n) is 6.75. The molecule has 1 aromatic carbocycles. The predicted molar refractivity (Wildman–Crippen MR) is 49.7 cm³/mol. The topological polar surface area (TPSA) is 48.6 Å². The Morgan fingerprint density at radius 1 is 1.33 bits per heavy atom. The molecule has 12 heavy (non-hydrogen) atoms. The van der Waals surface area contributed by atoms with E-state index in [0.717, 1.165) is 0 Å². The molecule has 0 spiro atoms. The first-order chi connectivity index (χ1) is 5.22. The molecule has 1 aromatic rings. The monoisotopic (exact) mass is 186 g/mol. The van der Waals surface area contributed by atoms with Crippen LogP contribution >= 0.6 is 11.6 Å². The maximum Gasteiger partial charge on any atom is 0.180 e. The first-order valence-electron chi connectivity index (χ1n) is 3.45. The lowest BCUT2D eigenvalue weighted by molar-refractivity contribution is 0.0992. The highest BCUT2D eigenvalue weighted by Crippen LogP contribution is 2.06. The molecule has 0 bridgehead atoms. The van der Waals surface area contributed by atoms with Gasteiger partial charge in [0.1, 0.15) is 0 Å². The van der Waals surface area contributed by atoms with Crippen LogP contribution in [0.5, 0.6) is 0 Å². The van der Waals surface area contributed by atoms with Crippen molar-refractivity contribution in [3.63, 3.8) is 0 Å². The lowest BCUT2D eigenvalue weighted by atomic mass is 10.1. The fourth-order valence-corrected chi connectivity index (χ4v) is 0.958. The summed E-state index contributed by atoms with van der Waals surface area (Å²) in [5.74, 6) is -0.0210. The second-order valence-electron chi connectivity index (χ2n) is 2.35. The third kappa shape index (κ3) is 2.64. The molecule has 0 heterocycles. The summed E-state index contributed by atoms with van der Waals surface area (Å²) in [5.41, 5.74) is 0.676. The molecule has 0 fully saturated rings. The Kier molecular flexibility index (Phi) is 4.55. The van der Waals surface area contributed by atoms with Crippen LogP contribution in [0.25, 0.3) is 0 Å². The number of carbonyl (C=O) groups excluding carboxylic acids is 1. The van der Waals surface area contributed by atoms with E-state index in [1.54, 1.807) is 19.1 Å². The minimum atomic E-state index is -0.433. The van der Waals surface area contributed by atoms with Crippen LogP contribution in [-0.2, 0) is 0 Å². The summed E-state index contributed by atoms with van der Waals surface area (Å²) in [6.07, 6.45) is 0. The Bertz CT molecular complexity index is 244. The molecular formula is C9H11ClO2. The van der Waals surface area contributed by atoms with Crippen LogP contribution in [0.4, 0.5) is 0 Å². The van der Waals surface area contributed by atoms with Crippen molar-refractivity contribution in [3.8, 4) is 0 Å². The van der Waals surface area contributed by atoms with Crippen molar-refractivity contribution < 1.29 is 10.3 Å². The molecule has 1 unspecified atom stereocenters. The summed E-state index contributed by atoms with van der Waals surface area (Å²) in [7, 11) is 0. The molecule has 1 atom stereocenters. The van der Waals surface area contributed by atoms with Crippen LogP contribution in [0.3, 0.4) is 0 Å². The normalized spacial score (nSPS) is 11.5. The first kappa shape index (κ1) is 11.1. The zero-order valence-corrected chi connectivity index (χ0v) is 7.51. The number of halogens is 1. The van der Waals surface area contributed by atoms with Crippen molar-refractivity contribution in [1.82, 2.24) is 0 Å². The standard InChI is InChI=1S/C9H9ClO.H2O/c1-7(10)9(11)8-5-3-2-4-6-8;/h2-7H,1H3;1H2. The molecule has 2 nitrogen and oxygen atoms in total. The maximum atomic E-state index is 11.2. The number of benzene rings is 1. The van der Waals surface area contributed by atoms with E-state index in [1.165, 1.54) is 0 Å². The zero-order chi connectivity index (χ0) is 8.27. The van der Waals surface area contributed by atoms with E-state index in [0.29, 0.717) is 5.56 Å². The highest BCUT2D eigenvalue weighted by molar-refractivity contribution is 6.33. The van der Waals surface area contributed by atoms with E-state index in [-0.39, 0.29) is 11.3 Å². The number of Topliss-reactive ketones (excluding diaryl/α,β-unsaturated/α-hetero) is 1. The molecule has 1 rings (SSSR count). The molecule has 0 radical (unpaired) electrons. The molecule has 0 saturated carbocycles. The van der Waals surface area contributed by atoms with Gasteiger partial charge in [0.2, 0.25) is 0 Å². The Morgan fingerprint density at radius 2 is 1.83 bits per heavy atom. The van der Waals surface area contributed by atoms with E-state index < -0.39 is 5.38 Å². The van der Waals surface area contributed by atoms with E-state index in [9.17, 15) is 4.79 Å². The molecule has 0 amide bonds.